The van der Waals surface area contributed by atoms with E-state index in [2.05, 4.69) is 28.9 Å². The number of likely N-dealkylation sites (N-methyl/N-ethyl adjacent to an activating group) is 1. The minimum absolute atomic E-state index is 0.518. The molecule has 0 amide bonds. The van der Waals surface area contributed by atoms with Crippen LogP contribution < -0.4 is 9.47 Å². The number of ether oxygens (including phenoxy) is 2. The molecule has 0 aromatic heterocycles. The number of rotatable bonds is 7. The SMILES string of the molecule is CCOc1cc(C(=S)N2CCN(CC)CC2)ccc1OCc1ccccc1. The van der Waals surface area contributed by atoms with Crippen LogP contribution >= 0.6 is 12.2 Å². The van der Waals surface area contributed by atoms with Crippen molar-refractivity contribution in [2.75, 3.05) is 39.3 Å². The Morgan fingerprint density at radius 3 is 2.33 bits per heavy atom. The number of hydrogen-bond donors (Lipinski definition) is 0. The van der Waals surface area contributed by atoms with Crippen molar-refractivity contribution in [1.29, 1.82) is 0 Å². The molecule has 5 heteroatoms. The van der Waals surface area contributed by atoms with Crippen LogP contribution in [0.3, 0.4) is 0 Å². The average molecular weight is 385 g/mol. The van der Waals surface area contributed by atoms with Crippen LogP contribution in [-0.2, 0) is 6.61 Å². The Morgan fingerprint density at radius 2 is 1.67 bits per heavy atom. The molecule has 0 aliphatic carbocycles. The van der Waals surface area contributed by atoms with Crippen LogP contribution in [0, 0.1) is 0 Å². The smallest absolute Gasteiger partial charge is 0.161 e. The zero-order chi connectivity index (χ0) is 19.1. The van der Waals surface area contributed by atoms with Crippen molar-refractivity contribution in [2.24, 2.45) is 0 Å². The summed E-state index contributed by atoms with van der Waals surface area (Å²) in [7, 11) is 0. The molecule has 0 bridgehead atoms. The molecule has 27 heavy (non-hydrogen) atoms. The Hall–Kier alpha value is -2.11. The van der Waals surface area contributed by atoms with Crippen LogP contribution in [0.15, 0.2) is 48.5 Å². The molecule has 144 valence electrons. The van der Waals surface area contributed by atoms with Crippen molar-refractivity contribution >= 4 is 17.2 Å². The standard InChI is InChI=1S/C22H28N2O2S/c1-3-23-12-14-24(15-13-23)22(27)19-10-11-20(21(16-19)25-4-2)26-17-18-8-6-5-7-9-18/h5-11,16H,3-4,12-15,17H2,1-2H3. The lowest BCUT2D eigenvalue weighted by molar-refractivity contribution is 0.192. The van der Waals surface area contributed by atoms with Crippen LogP contribution in [0.1, 0.15) is 25.0 Å². The summed E-state index contributed by atoms with van der Waals surface area (Å²) in [5, 5.41) is 0. The predicted octanol–water partition coefficient (Wildman–Crippen LogP) is 3.98. The van der Waals surface area contributed by atoms with Gasteiger partial charge in [0.2, 0.25) is 0 Å². The molecule has 1 fully saturated rings. The Kier molecular flexibility index (Phi) is 7.07. The van der Waals surface area contributed by atoms with Crippen molar-refractivity contribution in [3.05, 3.63) is 59.7 Å². The summed E-state index contributed by atoms with van der Waals surface area (Å²) in [6.45, 7) is 10.5. The highest BCUT2D eigenvalue weighted by Gasteiger charge is 2.19. The van der Waals surface area contributed by atoms with Gasteiger partial charge < -0.3 is 19.3 Å². The highest BCUT2D eigenvalue weighted by molar-refractivity contribution is 7.80. The summed E-state index contributed by atoms with van der Waals surface area (Å²) >= 11 is 5.75. The molecule has 0 unspecified atom stereocenters. The van der Waals surface area contributed by atoms with Crippen molar-refractivity contribution in [2.45, 2.75) is 20.5 Å². The molecular weight excluding hydrogens is 356 g/mol. The summed E-state index contributed by atoms with van der Waals surface area (Å²) in [5.41, 5.74) is 2.15. The lowest BCUT2D eigenvalue weighted by Gasteiger charge is -2.35. The second-order valence-corrected chi connectivity index (χ2v) is 6.98. The van der Waals surface area contributed by atoms with Crippen LogP contribution in [0.5, 0.6) is 11.5 Å². The first-order valence-electron chi connectivity index (χ1n) is 9.66. The van der Waals surface area contributed by atoms with E-state index in [-0.39, 0.29) is 0 Å². The van der Waals surface area contributed by atoms with E-state index in [0.29, 0.717) is 13.2 Å². The first-order valence-corrected chi connectivity index (χ1v) is 10.1. The molecule has 0 saturated carbocycles. The van der Waals surface area contributed by atoms with Gasteiger partial charge in [0.15, 0.2) is 11.5 Å². The highest BCUT2D eigenvalue weighted by atomic mass is 32.1. The lowest BCUT2D eigenvalue weighted by atomic mass is 10.1. The first kappa shape index (κ1) is 19.6. The number of hydrogen-bond acceptors (Lipinski definition) is 4. The number of benzene rings is 2. The van der Waals surface area contributed by atoms with Gasteiger partial charge in [-0.25, -0.2) is 0 Å². The number of nitrogens with zero attached hydrogens (tertiary/aromatic N) is 2. The van der Waals surface area contributed by atoms with Crippen molar-refractivity contribution in [3.8, 4) is 11.5 Å². The Morgan fingerprint density at radius 1 is 0.926 bits per heavy atom. The van der Waals surface area contributed by atoms with Crippen LogP contribution in [0.4, 0.5) is 0 Å². The minimum atomic E-state index is 0.518. The zero-order valence-electron chi connectivity index (χ0n) is 16.2. The fourth-order valence-corrected chi connectivity index (χ4v) is 3.52. The molecule has 0 radical (unpaired) electrons. The normalized spacial score (nSPS) is 14.8. The molecule has 4 nitrogen and oxygen atoms in total. The van der Waals surface area contributed by atoms with Crippen LogP contribution in [-0.4, -0.2) is 54.1 Å². The quantitative estimate of drug-likeness (QED) is 0.673. The van der Waals surface area contributed by atoms with E-state index < -0.39 is 0 Å². The van der Waals surface area contributed by atoms with E-state index in [0.717, 1.165) is 60.3 Å². The van der Waals surface area contributed by atoms with E-state index >= 15 is 0 Å². The van der Waals surface area contributed by atoms with Crippen LogP contribution in [0.25, 0.3) is 0 Å². The average Bonchev–Trinajstić information content (AvgIpc) is 2.73. The Bertz CT molecular complexity index is 743. The van der Waals surface area contributed by atoms with E-state index in [4.69, 9.17) is 21.7 Å². The Balaban J connectivity index is 1.70. The molecule has 3 rings (SSSR count). The van der Waals surface area contributed by atoms with Gasteiger partial charge in [0.05, 0.1) is 6.61 Å². The third-order valence-electron chi connectivity index (χ3n) is 4.83. The van der Waals surface area contributed by atoms with Gasteiger partial charge in [-0.3, -0.25) is 0 Å². The fraction of sp³-hybridized carbons (Fsp3) is 0.409. The van der Waals surface area contributed by atoms with Gasteiger partial charge in [0.25, 0.3) is 0 Å². The summed E-state index contributed by atoms with van der Waals surface area (Å²) in [4.78, 5) is 5.63. The van der Waals surface area contributed by atoms with Gasteiger partial charge in [0.1, 0.15) is 11.6 Å². The maximum Gasteiger partial charge on any atom is 0.161 e. The molecular formula is C22H28N2O2S. The van der Waals surface area contributed by atoms with Crippen molar-refractivity contribution < 1.29 is 9.47 Å². The first-order chi connectivity index (χ1) is 13.2. The van der Waals surface area contributed by atoms with Crippen molar-refractivity contribution in [3.63, 3.8) is 0 Å². The largest absolute Gasteiger partial charge is 0.490 e. The molecule has 2 aromatic carbocycles. The highest BCUT2D eigenvalue weighted by Crippen LogP contribution is 2.30. The monoisotopic (exact) mass is 384 g/mol. The lowest BCUT2D eigenvalue weighted by Crippen LogP contribution is -2.48. The molecule has 1 aliphatic heterocycles. The third-order valence-corrected chi connectivity index (χ3v) is 5.33. The Labute approximate surface area is 167 Å². The van der Waals surface area contributed by atoms with E-state index in [1.807, 2.05) is 43.3 Å². The van der Waals surface area contributed by atoms with Crippen molar-refractivity contribution in [1.82, 2.24) is 9.80 Å². The minimum Gasteiger partial charge on any atom is -0.490 e. The van der Waals surface area contributed by atoms with E-state index in [1.165, 1.54) is 0 Å². The maximum atomic E-state index is 6.00. The van der Waals surface area contributed by atoms with E-state index in [9.17, 15) is 0 Å². The van der Waals surface area contributed by atoms with Gasteiger partial charge in [-0.2, -0.15) is 0 Å². The summed E-state index contributed by atoms with van der Waals surface area (Å²) in [6, 6.07) is 16.2. The van der Waals surface area contributed by atoms with Gasteiger partial charge in [-0.15, -0.1) is 0 Å². The molecule has 1 aliphatic rings. The fourth-order valence-electron chi connectivity index (χ4n) is 3.21. The molecule has 1 heterocycles. The summed E-state index contributed by atoms with van der Waals surface area (Å²) in [6.07, 6.45) is 0. The van der Waals surface area contributed by atoms with Crippen LogP contribution in [0.2, 0.25) is 0 Å². The number of piperazine rings is 1. The molecule has 1 saturated heterocycles. The second kappa shape index (κ2) is 9.72. The summed E-state index contributed by atoms with van der Waals surface area (Å²) < 4.78 is 11.8. The van der Waals surface area contributed by atoms with Gasteiger partial charge in [-0.05, 0) is 37.2 Å². The maximum absolute atomic E-state index is 6.00. The topological polar surface area (TPSA) is 24.9 Å². The number of thiocarbonyl (C=S) groups is 1. The summed E-state index contributed by atoms with van der Waals surface area (Å²) in [5.74, 6) is 1.50. The van der Waals surface area contributed by atoms with Gasteiger partial charge >= 0.3 is 0 Å². The molecule has 0 spiro atoms. The van der Waals surface area contributed by atoms with E-state index in [1.54, 1.807) is 0 Å². The molecule has 2 aromatic rings. The third kappa shape index (κ3) is 5.21. The second-order valence-electron chi connectivity index (χ2n) is 6.60. The molecule has 0 atom stereocenters. The zero-order valence-corrected chi connectivity index (χ0v) is 17.0. The molecule has 0 N–H and O–H groups in total. The van der Waals surface area contributed by atoms with Gasteiger partial charge in [-0.1, -0.05) is 49.5 Å². The predicted molar refractivity (Wildman–Crippen MR) is 114 cm³/mol. The van der Waals surface area contributed by atoms with Gasteiger partial charge in [0, 0.05) is 31.7 Å².